The molecule has 0 radical (unpaired) electrons. The van der Waals surface area contributed by atoms with E-state index in [1.165, 1.54) is 6.92 Å². The summed E-state index contributed by atoms with van der Waals surface area (Å²) in [5.74, 6) is -1.20. The van der Waals surface area contributed by atoms with E-state index in [0.29, 0.717) is 4.85 Å². The highest BCUT2D eigenvalue weighted by molar-refractivity contribution is 5.92. The Labute approximate surface area is 134 Å². The van der Waals surface area contributed by atoms with Gasteiger partial charge in [-0.1, -0.05) is 11.4 Å². The smallest absolute Gasteiger partial charge is 0.352 e. The molecule has 0 saturated heterocycles. The number of rotatable bonds is 5. The van der Waals surface area contributed by atoms with Crippen LogP contribution in [0.5, 0.6) is 0 Å². The molecule has 0 saturated carbocycles. The fourth-order valence-corrected chi connectivity index (χ4v) is 1.71. The lowest BCUT2D eigenvalue weighted by molar-refractivity contribution is -0.145. The van der Waals surface area contributed by atoms with Gasteiger partial charge in [0.15, 0.2) is 0 Å². The zero-order chi connectivity index (χ0) is 17.9. The molecule has 0 aliphatic heterocycles. The zero-order valence-electron chi connectivity index (χ0n) is 12.6. The summed E-state index contributed by atoms with van der Waals surface area (Å²) < 4.78 is 38.2. The first kappa shape index (κ1) is 17.4. The van der Waals surface area contributed by atoms with Crippen molar-refractivity contribution in [3.05, 3.63) is 35.9 Å². The minimum Gasteiger partial charge on any atom is -0.352 e. The van der Waals surface area contributed by atoms with Crippen molar-refractivity contribution in [2.24, 2.45) is 0 Å². The Balaban J connectivity index is 2.05. The Kier molecular flexibility index (Phi) is 4.86. The molecular formula is C14H13F3N4O3. The van der Waals surface area contributed by atoms with E-state index in [1.54, 1.807) is 0 Å². The van der Waals surface area contributed by atoms with Gasteiger partial charge in [0, 0.05) is 12.1 Å². The fourth-order valence-electron chi connectivity index (χ4n) is 1.71. The van der Waals surface area contributed by atoms with E-state index >= 15 is 0 Å². The maximum atomic E-state index is 12.7. The number of nitrogens with zero attached hydrogens (tertiary/aromatic N) is 3. The van der Waals surface area contributed by atoms with Gasteiger partial charge in [0.2, 0.25) is 5.91 Å². The van der Waals surface area contributed by atoms with Crippen molar-refractivity contribution in [3.63, 3.8) is 0 Å². The lowest BCUT2D eigenvalue weighted by Gasteiger charge is -2.07. The van der Waals surface area contributed by atoms with Crippen molar-refractivity contribution in [2.45, 2.75) is 19.5 Å². The van der Waals surface area contributed by atoms with Gasteiger partial charge < -0.3 is 10.2 Å². The van der Waals surface area contributed by atoms with Crippen LogP contribution in [0.2, 0.25) is 0 Å². The molecule has 0 atom stereocenters. The quantitative estimate of drug-likeness (QED) is 0.657. The average molecular weight is 342 g/mol. The van der Waals surface area contributed by atoms with Crippen LogP contribution in [-0.2, 0) is 15.8 Å². The molecule has 24 heavy (non-hydrogen) atoms. The summed E-state index contributed by atoms with van der Waals surface area (Å²) in [7, 11) is 0. The van der Waals surface area contributed by atoms with Crippen LogP contribution in [0, 0.1) is 0 Å². The molecule has 1 amide bonds. The summed E-state index contributed by atoms with van der Waals surface area (Å²) >= 11 is 0. The Bertz CT molecular complexity index is 798. The monoisotopic (exact) mass is 342 g/mol. The van der Waals surface area contributed by atoms with E-state index in [4.69, 9.17) is 4.84 Å². The highest BCUT2D eigenvalue weighted by Gasteiger charge is 2.31. The average Bonchev–Trinajstić information content (AvgIpc) is 2.88. The number of hydrogen-bond acceptors (Lipinski definition) is 5. The van der Waals surface area contributed by atoms with Gasteiger partial charge in [-0.3, -0.25) is 4.79 Å². The number of carbonyl (C=O) groups excluding carboxylic acids is 2. The lowest BCUT2D eigenvalue weighted by atomic mass is 10.2. The van der Waals surface area contributed by atoms with Gasteiger partial charge in [-0.15, -0.1) is 5.10 Å². The molecule has 1 aromatic carbocycles. The van der Waals surface area contributed by atoms with Crippen LogP contribution >= 0.6 is 0 Å². The van der Waals surface area contributed by atoms with E-state index in [9.17, 15) is 22.8 Å². The normalized spacial score (nSPS) is 11.3. The molecule has 0 aliphatic carbocycles. The predicted octanol–water partition coefficient (Wildman–Crippen LogP) is 1.49. The Morgan fingerprint density at radius 3 is 2.71 bits per heavy atom. The number of benzene rings is 1. The van der Waals surface area contributed by atoms with Crippen LogP contribution in [0.25, 0.3) is 11.0 Å². The fraction of sp³-hybridized carbons (Fsp3) is 0.286. The molecule has 7 nitrogen and oxygen atoms in total. The van der Waals surface area contributed by atoms with Crippen molar-refractivity contribution >= 4 is 22.9 Å². The molecule has 0 spiro atoms. The maximum absolute atomic E-state index is 12.7. The number of nitrogens with one attached hydrogen (secondary N) is 1. The summed E-state index contributed by atoms with van der Waals surface area (Å²) in [5.41, 5.74) is -0.579. The third-order valence-corrected chi connectivity index (χ3v) is 2.93. The standard InChI is InChI=1S/C14H13F3N4O3/c1-8(2)13(23)18-6-5-12(22)24-21-11-7-9(14(15,16)17)3-4-10(11)19-20-21/h3-4,7H,1,5-6H2,2H3,(H,18,23). The van der Waals surface area contributed by atoms with E-state index in [2.05, 4.69) is 22.2 Å². The van der Waals surface area contributed by atoms with Crippen LogP contribution in [0.15, 0.2) is 30.4 Å². The van der Waals surface area contributed by atoms with Gasteiger partial charge in [-0.2, -0.15) is 13.2 Å². The molecule has 0 unspecified atom stereocenters. The summed E-state index contributed by atoms with van der Waals surface area (Å²) in [5, 5.41) is 9.52. The van der Waals surface area contributed by atoms with Crippen molar-refractivity contribution in [1.29, 1.82) is 0 Å². The number of alkyl halides is 3. The van der Waals surface area contributed by atoms with Gasteiger partial charge in [0.1, 0.15) is 11.0 Å². The van der Waals surface area contributed by atoms with Crippen LogP contribution in [-0.4, -0.2) is 33.6 Å². The first-order valence-corrected chi connectivity index (χ1v) is 6.76. The second-order valence-electron chi connectivity index (χ2n) is 4.91. The van der Waals surface area contributed by atoms with Crippen molar-refractivity contribution in [2.75, 3.05) is 6.54 Å². The molecule has 1 aromatic heterocycles. The Morgan fingerprint density at radius 2 is 2.08 bits per heavy atom. The number of aromatic nitrogens is 3. The number of hydrogen-bond donors (Lipinski definition) is 1. The molecule has 0 aliphatic rings. The number of fused-ring (bicyclic) bond motifs is 1. The summed E-state index contributed by atoms with van der Waals surface area (Å²) in [6.45, 7) is 4.93. The summed E-state index contributed by atoms with van der Waals surface area (Å²) in [4.78, 5) is 28.4. The third-order valence-electron chi connectivity index (χ3n) is 2.93. The minimum absolute atomic E-state index is 0.00897. The van der Waals surface area contributed by atoms with Crippen LogP contribution in [0.1, 0.15) is 18.9 Å². The molecule has 0 bridgehead atoms. The number of carbonyl (C=O) groups is 2. The number of halogens is 3. The zero-order valence-corrected chi connectivity index (χ0v) is 12.6. The van der Waals surface area contributed by atoms with Crippen LogP contribution in [0.4, 0.5) is 13.2 Å². The van der Waals surface area contributed by atoms with E-state index in [-0.39, 0.29) is 29.6 Å². The van der Waals surface area contributed by atoms with Crippen LogP contribution in [0.3, 0.4) is 0 Å². The molecule has 128 valence electrons. The second kappa shape index (κ2) is 6.69. The second-order valence-corrected chi connectivity index (χ2v) is 4.91. The van der Waals surface area contributed by atoms with Crippen LogP contribution < -0.4 is 10.2 Å². The molecule has 2 rings (SSSR count). The molecule has 1 heterocycles. The van der Waals surface area contributed by atoms with E-state index in [0.717, 1.165) is 18.2 Å². The van der Waals surface area contributed by atoms with Crippen molar-refractivity contribution < 1.29 is 27.6 Å². The largest absolute Gasteiger partial charge is 0.416 e. The molecule has 2 aromatic rings. The molecule has 1 N–H and O–H groups in total. The van der Waals surface area contributed by atoms with Gasteiger partial charge in [-0.05, 0) is 30.3 Å². The maximum Gasteiger partial charge on any atom is 0.416 e. The molecular weight excluding hydrogens is 329 g/mol. The molecule has 10 heteroatoms. The first-order chi connectivity index (χ1) is 11.2. The van der Waals surface area contributed by atoms with Gasteiger partial charge in [0.25, 0.3) is 0 Å². The number of amides is 1. The highest BCUT2D eigenvalue weighted by atomic mass is 19.4. The third kappa shape index (κ3) is 4.09. The summed E-state index contributed by atoms with van der Waals surface area (Å²) in [6, 6.07) is 2.77. The highest BCUT2D eigenvalue weighted by Crippen LogP contribution is 2.30. The Morgan fingerprint density at radius 1 is 1.38 bits per heavy atom. The van der Waals surface area contributed by atoms with E-state index < -0.39 is 23.6 Å². The van der Waals surface area contributed by atoms with Crippen molar-refractivity contribution in [3.8, 4) is 0 Å². The lowest BCUT2D eigenvalue weighted by Crippen LogP contribution is -2.29. The van der Waals surface area contributed by atoms with Crippen molar-refractivity contribution in [1.82, 2.24) is 20.5 Å². The van der Waals surface area contributed by atoms with E-state index in [1.807, 2.05) is 0 Å². The Hall–Kier alpha value is -2.91. The van der Waals surface area contributed by atoms with Gasteiger partial charge >= 0.3 is 12.1 Å². The SMILES string of the molecule is C=C(C)C(=O)NCCC(=O)On1nnc2ccc(C(F)(F)F)cc21. The van der Waals surface area contributed by atoms with Gasteiger partial charge in [0.05, 0.1) is 12.0 Å². The first-order valence-electron chi connectivity index (χ1n) is 6.76. The topological polar surface area (TPSA) is 86.1 Å². The molecule has 0 fully saturated rings. The van der Waals surface area contributed by atoms with Gasteiger partial charge in [-0.25, -0.2) is 4.79 Å². The minimum atomic E-state index is -4.54. The summed E-state index contributed by atoms with van der Waals surface area (Å²) in [6.07, 6.45) is -4.74. The predicted molar refractivity (Wildman–Crippen MR) is 76.6 cm³/mol.